The summed E-state index contributed by atoms with van der Waals surface area (Å²) in [6, 6.07) is 0.606. The third-order valence-corrected chi connectivity index (χ3v) is 4.89. The SMILES string of the molecule is CCCNC(=NC)NCCCc1nnc(SC)n1C1CCCC1. The highest BCUT2D eigenvalue weighted by Crippen LogP contribution is 2.33. The van der Waals surface area contributed by atoms with Crippen LogP contribution in [-0.2, 0) is 6.42 Å². The van der Waals surface area contributed by atoms with E-state index in [9.17, 15) is 0 Å². The molecule has 0 unspecified atom stereocenters. The van der Waals surface area contributed by atoms with Gasteiger partial charge in [0.2, 0.25) is 0 Å². The van der Waals surface area contributed by atoms with Crippen molar-refractivity contribution in [2.45, 2.75) is 63.1 Å². The van der Waals surface area contributed by atoms with Crippen LogP contribution in [0.3, 0.4) is 0 Å². The van der Waals surface area contributed by atoms with Crippen LogP contribution in [0.2, 0.25) is 0 Å². The fraction of sp³-hybridized carbons (Fsp3) is 0.812. The predicted molar refractivity (Wildman–Crippen MR) is 97.3 cm³/mol. The first-order valence-corrected chi connectivity index (χ1v) is 9.94. The Kier molecular flexibility index (Phi) is 7.71. The van der Waals surface area contributed by atoms with E-state index in [-0.39, 0.29) is 0 Å². The number of guanidine groups is 1. The van der Waals surface area contributed by atoms with Crippen LogP contribution in [0.25, 0.3) is 0 Å². The Hall–Kier alpha value is -1.24. The molecule has 1 fully saturated rings. The van der Waals surface area contributed by atoms with Gasteiger partial charge in [-0.3, -0.25) is 4.99 Å². The quantitative estimate of drug-likeness (QED) is 0.330. The molecule has 0 atom stereocenters. The highest BCUT2D eigenvalue weighted by Gasteiger charge is 2.23. The van der Waals surface area contributed by atoms with Gasteiger partial charge in [-0.25, -0.2) is 0 Å². The topological polar surface area (TPSA) is 67.1 Å². The van der Waals surface area contributed by atoms with Crippen molar-refractivity contribution in [1.29, 1.82) is 0 Å². The zero-order valence-electron chi connectivity index (χ0n) is 14.6. The number of hydrogen-bond donors (Lipinski definition) is 2. The normalized spacial score (nSPS) is 16.0. The smallest absolute Gasteiger partial charge is 0.191 e. The van der Waals surface area contributed by atoms with Crippen molar-refractivity contribution in [2.24, 2.45) is 4.99 Å². The number of aryl methyl sites for hydroxylation is 1. The molecule has 2 N–H and O–H groups in total. The second kappa shape index (κ2) is 9.80. The molecule has 1 heterocycles. The van der Waals surface area contributed by atoms with Crippen molar-refractivity contribution < 1.29 is 0 Å². The molecule has 0 spiro atoms. The molecule has 0 bridgehead atoms. The lowest BCUT2D eigenvalue weighted by Gasteiger charge is -2.16. The lowest BCUT2D eigenvalue weighted by atomic mass is 10.2. The van der Waals surface area contributed by atoms with Gasteiger partial charge in [0.25, 0.3) is 0 Å². The fourth-order valence-electron chi connectivity index (χ4n) is 3.06. The Morgan fingerprint density at radius 2 is 2.00 bits per heavy atom. The van der Waals surface area contributed by atoms with E-state index in [1.807, 2.05) is 7.05 Å². The number of aliphatic imine (C=N–C) groups is 1. The number of hydrogen-bond acceptors (Lipinski definition) is 4. The number of nitrogens with zero attached hydrogens (tertiary/aromatic N) is 4. The van der Waals surface area contributed by atoms with Crippen LogP contribution in [0.1, 0.15) is 57.3 Å². The average molecular weight is 339 g/mol. The third-order valence-electron chi connectivity index (χ3n) is 4.24. The molecule has 6 nitrogen and oxygen atoms in total. The molecule has 1 aliphatic rings. The van der Waals surface area contributed by atoms with Gasteiger partial charge >= 0.3 is 0 Å². The van der Waals surface area contributed by atoms with Crippen LogP contribution in [0, 0.1) is 0 Å². The van der Waals surface area contributed by atoms with E-state index >= 15 is 0 Å². The Labute approximate surface area is 143 Å². The minimum atomic E-state index is 0.606. The number of rotatable bonds is 8. The van der Waals surface area contributed by atoms with E-state index < -0.39 is 0 Å². The van der Waals surface area contributed by atoms with Crippen LogP contribution in [-0.4, -0.2) is 47.1 Å². The molecule has 1 aromatic heterocycles. The van der Waals surface area contributed by atoms with E-state index in [0.29, 0.717) is 6.04 Å². The number of thioether (sulfide) groups is 1. The van der Waals surface area contributed by atoms with Gasteiger partial charge in [0, 0.05) is 32.6 Å². The molecule has 1 saturated carbocycles. The standard InChI is InChI=1S/C16H30N6S/c1-4-11-18-15(17-2)19-12-7-10-14-20-21-16(23-3)22(14)13-8-5-6-9-13/h13H,4-12H2,1-3H3,(H2,17,18,19). The fourth-order valence-corrected chi connectivity index (χ4v) is 3.64. The Morgan fingerprint density at radius 3 is 2.65 bits per heavy atom. The van der Waals surface area contributed by atoms with Gasteiger partial charge in [-0.15, -0.1) is 10.2 Å². The Balaban J connectivity index is 1.84. The first kappa shape index (κ1) is 18.1. The molecular weight excluding hydrogens is 308 g/mol. The Morgan fingerprint density at radius 1 is 1.26 bits per heavy atom. The number of aromatic nitrogens is 3. The first-order valence-electron chi connectivity index (χ1n) is 8.72. The monoisotopic (exact) mass is 338 g/mol. The molecule has 0 saturated heterocycles. The van der Waals surface area contributed by atoms with Crippen molar-refractivity contribution >= 4 is 17.7 Å². The highest BCUT2D eigenvalue weighted by molar-refractivity contribution is 7.98. The minimum Gasteiger partial charge on any atom is -0.356 e. The molecule has 0 radical (unpaired) electrons. The molecule has 2 rings (SSSR count). The van der Waals surface area contributed by atoms with Gasteiger partial charge in [0.1, 0.15) is 5.82 Å². The Bertz CT molecular complexity index is 493. The lowest BCUT2D eigenvalue weighted by molar-refractivity contribution is 0.460. The van der Waals surface area contributed by atoms with E-state index in [1.54, 1.807) is 11.8 Å². The summed E-state index contributed by atoms with van der Waals surface area (Å²) in [4.78, 5) is 4.23. The van der Waals surface area contributed by atoms with Gasteiger partial charge < -0.3 is 15.2 Å². The van der Waals surface area contributed by atoms with Crippen molar-refractivity contribution in [3.8, 4) is 0 Å². The highest BCUT2D eigenvalue weighted by atomic mass is 32.2. The summed E-state index contributed by atoms with van der Waals surface area (Å²) >= 11 is 1.70. The summed E-state index contributed by atoms with van der Waals surface area (Å²) in [5, 5.41) is 16.5. The minimum absolute atomic E-state index is 0.606. The molecule has 0 amide bonds. The second-order valence-electron chi connectivity index (χ2n) is 5.94. The van der Waals surface area contributed by atoms with Crippen LogP contribution >= 0.6 is 11.8 Å². The van der Waals surface area contributed by atoms with Crippen LogP contribution in [0.15, 0.2) is 10.1 Å². The van der Waals surface area contributed by atoms with Crippen molar-refractivity contribution in [3.63, 3.8) is 0 Å². The van der Waals surface area contributed by atoms with Gasteiger partial charge in [-0.05, 0) is 31.9 Å². The van der Waals surface area contributed by atoms with Gasteiger partial charge in [0.05, 0.1) is 0 Å². The summed E-state index contributed by atoms with van der Waals surface area (Å²) < 4.78 is 2.39. The molecular formula is C16H30N6S. The van der Waals surface area contributed by atoms with Crippen LogP contribution in [0.4, 0.5) is 0 Å². The summed E-state index contributed by atoms with van der Waals surface area (Å²) in [5.41, 5.74) is 0. The molecule has 1 aromatic rings. The summed E-state index contributed by atoms with van der Waals surface area (Å²) in [5.74, 6) is 2.02. The maximum Gasteiger partial charge on any atom is 0.191 e. The predicted octanol–water partition coefficient (Wildman–Crippen LogP) is 2.62. The van der Waals surface area contributed by atoms with E-state index in [2.05, 4.69) is 43.6 Å². The van der Waals surface area contributed by atoms with E-state index in [1.165, 1.54) is 25.7 Å². The first-order chi connectivity index (χ1) is 11.3. The van der Waals surface area contributed by atoms with E-state index in [4.69, 9.17) is 0 Å². The largest absolute Gasteiger partial charge is 0.356 e. The molecule has 1 aliphatic carbocycles. The van der Waals surface area contributed by atoms with Crippen molar-refractivity contribution in [3.05, 3.63) is 5.82 Å². The maximum absolute atomic E-state index is 4.44. The summed E-state index contributed by atoms with van der Waals surface area (Å²) in [6.07, 6.45) is 10.4. The second-order valence-corrected chi connectivity index (χ2v) is 6.71. The average Bonchev–Trinajstić information content (AvgIpc) is 3.22. The third kappa shape index (κ3) is 5.12. The van der Waals surface area contributed by atoms with Crippen LogP contribution in [0.5, 0.6) is 0 Å². The van der Waals surface area contributed by atoms with E-state index in [0.717, 1.165) is 49.3 Å². The summed E-state index contributed by atoms with van der Waals surface area (Å²) in [6.45, 7) is 4.00. The number of nitrogens with one attached hydrogen (secondary N) is 2. The van der Waals surface area contributed by atoms with Gasteiger partial charge in [-0.1, -0.05) is 31.5 Å². The van der Waals surface area contributed by atoms with Gasteiger partial charge in [-0.2, -0.15) is 0 Å². The molecule has 0 aliphatic heterocycles. The maximum atomic E-state index is 4.44. The lowest BCUT2D eigenvalue weighted by Crippen LogP contribution is -2.38. The zero-order valence-corrected chi connectivity index (χ0v) is 15.5. The van der Waals surface area contributed by atoms with Crippen LogP contribution < -0.4 is 10.6 Å². The van der Waals surface area contributed by atoms with Crippen molar-refractivity contribution in [2.75, 3.05) is 26.4 Å². The zero-order chi connectivity index (χ0) is 16.5. The molecule has 130 valence electrons. The van der Waals surface area contributed by atoms with Crippen molar-refractivity contribution in [1.82, 2.24) is 25.4 Å². The molecule has 7 heteroatoms. The van der Waals surface area contributed by atoms with Gasteiger partial charge in [0.15, 0.2) is 11.1 Å². The molecule has 23 heavy (non-hydrogen) atoms. The molecule has 0 aromatic carbocycles. The summed E-state index contributed by atoms with van der Waals surface area (Å²) in [7, 11) is 1.81.